The molecule has 0 fully saturated rings. The first-order valence-corrected chi connectivity index (χ1v) is 5.10. The van der Waals surface area contributed by atoms with Gasteiger partial charge in [-0.15, -0.1) is 0 Å². The lowest BCUT2D eigenvalue weighted by Crippen LogP contribution is -2.31. The Balaban J connectivity index is 2.88. The molecule has 0 bridgehead atoms. The van der Waals surface area contributed by atoms with Gasteiger partial charge in [0.1, 0.15) is 6.04 Å². The quantitative estimate of drug-likeness (QED) is 0.774. The summed E-state index contributed by atoms with van der Waals surface area (Å²) in [6.45, 7) is 0.419. The normalized spacial score (nSPS) is 12.8. The molecule has 0 spiro atoms. The molecule has 0 heterocycles. The predicted molar refractivity (Wildman–Crippen MR) is 59.8 cm³/mol. The van der Waals surface area contributed by atoms with Crippen LogP contribution in [0.4, 0.5) is 0 Å². The van der Waals surface area contributed by atoms with E-state index in [1.165, 1.54) is 0 Å². The van der Waals surface area contributed by atoms with Crippen LogP contribution >= 0.6 is 11.6 Å². The van der Waals surface area contributed by atoms with E-state index in [1.54, 1.807) is 11.9 Å². The molecule has 0 saturated heterocycles. The van der Waals surface area contributed by atoms with Gasteiger partial charge in [-0.2, -0.15) is 0 Å². The third kappa shape index (κ3) is 3.30. The number of carbonyl (C=O) groups excluding carboxylic acids is 1. The Morgan fingerprint density at radius 1 is 1.47 bits per heavy atom. The molecule has 1 aromatic rings. The van der Waals surface area contributed by atoms with Gasteiger partial charge in [-0.25, -0.2) is 0 Å². The van der Waals surface area contributed by atoms with Gasteiger partial charge in [0, 0.05) is 6.54 Å². The zero-order chi connectivity index (χ0) is 11.3. The lowest BCUT2D eigenvalue weighted by atomic mass is 10.1. The maximum absolute atomic E-state index is 11.3. The summed E-state index contributed by atoms with van der Waals surface area (Å²) in [4.78, 5) is 13.0. The van der Waals surface area contributed by atoms with Crippen molar-refractivity contribution in [2.75, 3.05) is 20.2 Å². The fourth-order valence-electron chi connectivity index (χ4n) is 1.48. The van der Waals surface area contributed by atoms with Crippen LogP contribution in [0.5, 0.6) is 0 Å². The molecular weight excluding hydrogens is 214 g/mol. The first-order valence-electron chi connectivity index (χ1n) is 4.72. The topological polar surface area (TPSA) is 40.5 Å². The average Bonchev–Trinajstić information content (AvgIpc) is 2.19. The van der Waals surface area contributed by atoms with Crippen LogP contribution in [0.25, 0.3) is 0 Å². The molecular formula is C11H14ClNO2. The number of aliphatic hydroxyl groups excluding tert-OH is 1. The van der Waals surface area contributed by atoms with Crippen molar-refractivity contribution in [3.8, 4) is 0 Å². The summed E-state index contributed by atoms with van der Waals surface area (Å²) in [5.74, 6) is 0. The van der Waals surface area contributed by atoms with Crippen LogP contribution in [-0.2, 0) is 4.79 Å². The SMILES string of the molecule is CN(CCO)C(C(=O)Cl)c1ccccc1. The van der Waals surface area contributed by atoms with Crippen LogP contribution in [0, 0.1) is 0 Å². The number of hydrogen-bond acceptors (Lipinski definition) is 3. The summed E-state index contributed by atoms with van der Waals surface area (Å²) in [5.41, 5.74) is 0.841. The molecule has 1 rings (SSSR count). The van der Waals surface area contributed by atoms with Crippen molar-refractivity contribution < 1.29 is 9.90 Å². The Morgan fingerprint density at radius 2 is 2.07 bits per heavy atom. The number of likely N-dealkylation sites (N-methyl/N-ethyl adjacent to an activating group) is 1. The molecule has 82 valence electrons. The molecule has 3 nitrogen and oxygen atoms in total. The molecule has 1 unspecified atom stereocenters. The zero-order valence-corrected chi connectivity index (χ0v) is 9.31. The van der Waals surface area contributed by atoms with Gasteiger partial charge in [-0.3, -0.25) is 9.69 Å². The van der Waals surface area contributed by atoms with Crippen LogP contribution in [0.2, 0.25) is 0 Å². The van der Waals surface area contributed by atoms with E-state index in [4.69, 9.17) is 16.7 Å². The molecule has 0 radical (unpaired) electrons. The molecule has 0 aliphatic carbocycles. The summed E-state index contributed by atoms with van der Waals surface area (Å²) in [6, 6.07) is 8.80. The smallest absolute Gasteiger partial charge is 0.243 e. The standard InChI is InChI=1S/C11H14ClNO2/c1-13(7-8-14)10(11(12)15)9-5-3-2-4-6-9/h2-6,10,14H,7-8H2,1H3. The Morgan fingerprint density at radius 3 is 2.53 bits per heavy atom. The van der Waals surface area contributed by atoms with Gasteiger partial charge >= 0.3 is 0 Å². The Hall–Kier alpha value is -0.900. The highest BCUT2D eigenvalue weighted by molar-refractivity contribution is 6.64. The first kappa shape index (κ1) is 12.2. The van der Waals surface area contributed by atoms with E-state index in [0.29, 0.717) is 6.54 Å². The highest BCUT2D eigenvalue weighted by atomic mass is 35.5. The molecule has 0 amide bonds. The summed E-state index contributed by atoms with van der Waals surface area (Å²) in [5, 5.41) is 8.39. The second-order valence-electron chi connectivity index (χ2n) is 3.32. The molecule has 0 aliphatic heterocycles. The van der Waals surface area contributed by atoms with Gasteiger partial charge < -0.3 is 5.11 Å². The van der Waals surface area contributed by atoms with Crippen LogP contribution in [-0.4, -0.2) is 35.4 Å². The number of rotatable bonds is 5. The molecule has 0 aliphatic rings. The van der Waals surface area contributed by atoms with Crippen LogP contribution in [0.1, 0.15) is 11.6 Å². The van der Waals surface area contributed by atoms with Crippen LogP contribution in [0.3, 0.4) is 0 Å². The van der Waals surface area contributed by atoms with Gasteiger partial charge in [0.15, 0.2) is 0 Å². The van der Waals surface area contributed by atoms with Gasteiger partial charge in [-0.05, 0) is 24.2 Å². The number of benzene rings is 1. The van der Waals surface area contributed by atoms with Gasteiger partial charge in [-0.1, -0.05) is 30.3 Å². The minimum absolute atomic E-state index is 0.00397. The number of nitrogens with zero attached hydrogens (tertiary/aromatic N) is 1. The van der Waals surface area contributed by atoms with Crippen molar-refractivity contribution >= 4 is 16.8 Å². The predicted octanol–water partition coefficient (Wildman–Crippen LogP) is 1.42. The lowest BCUT2D eigenvalue weighted by Gasteiger charge is -2.24. The van der Waals surface area contributed by atoms with E-state index in [-0.39, 0.29) is 6.61 Å². The maximum Gasteiger partial charge on any atom is 0.243 e. The molecule has 1 N–H and O–H groups in total. The van der Waals surface area contributed by atoms with Gasteiger partial charge in [0.05, 0.1) is 6.61 Å². The Labute approximate surface area is 94.3 Å². The van der Waals surface area contributed by atoms with E-state index >= 15 is 0 Å². The Kier molecular flexibility index (Phi) is 4.75. The van der Waals surface area contributed by atoms with Crippen LogP contribution in [0.15, 0.2) is 30.3 Å². The molecule has 15 heavy (non-hydrogen) atoms. The molecule has 1 aromatic carbocycles. The van der Waals surface area contributed by atoms with Gasteiger partial charge in [0.25, 0.3) is 0 Å². The molecule has 4 heteroatoms. The molecule has 1 atom stereocenters. The fourth-order valence-corrected chi connectivity index (χ4v) is 1.77. The summed E-state index contributed by atoms with van der Waals surface area (Å²) < 4.78 is 0. The summed E-state index contributed by atoms with van der Waals surface area (Å²) >= 11 is 5.55. The maximum atomic E-state index is 11.3. The fraction of sp³-hybridized carbons (Fsp3) is 0.364. The first-order chi connectivity index (χ1) is 7.16. The number of halogens is 1. The second-order valence-corrected chi connectivity index (χ2v) is 3.69. The lowest BCUT2D eigenvalue weighted by molar-refractivity contribution is -0.116. The zero-order valence-electron chi connectivity index (χ0n) is 8.56. The van der Waals surface area contributed by atoms with Crippen LogP contribution < -0.4 is 0 Å². The van der Waals surface area contributed by atoms with Crippen molar-refractivity contribution in [2.45, 2.75) is 6.04 Å². The van der Waals surface area contributed by atoms with E-state index in [2.05, 4.69) is 0 Å². The van der Waals surface area contributed by atoms with Crippen molar-refractivity contribution in [1.82, 2.24) is 4.90 Å². The van der Waals surface area contributed by atoms with Gasteiger partial charge in [0.2, 0.25) is 5.24 Å². The highest BCUT2D eigenvalue weighted by Gasteiger charge is 2.22. The Bertz CT molecular complexity index is 316. The number of aliphatic hydroxyl groups is 1. The van der Waals surface area contributed by atoms with E-state index in [0.717, 1.165) is 5.56 Å². The molecule has 0 saturated carbocycles. The number of carbonyl (C=O) groups is 1. The van der Waals surface area contributed by atoms with Crippen molar-refractivity contribution in [2.24, 2.45) is 0 Å². The monoisotopic (exact) mass is 227 g/mol. The summed E-state index contributed by atoms with van der Waals surface area (Å²) in [6.07, 6.45) is 0. The van der Waals surface area contributed by atoms with Crippen molar-refractivity contribution in [3.05, 3.63) is 35.9 Å². The highest BCUT2D eigenvalue weighted by Crippen LogP contribution is 2.21. The average molecular weight is 228 g/mol. The third-order valence-corrected chi connectivity index (χ3v) is 2.43. The molecule has 0 aromatic heterocycles. The van der Waals surface area contributed by atoms with E-state index in [9.17, 15) is 4.79 Å². The van der Waals surface area contributed by atoms with E-state index in [1.807, 2.05) is 30.3 Å². The van der Waals surface area contributed by atoms with E-state index < -0.39 is 11.3 Å². The van der Waals surface area contributed by atoms with Crippen molar-refractivity contribution in [1.29, 1.82) is 0 Å². The van der Waals surface area contributed by atoms with Crippen molar-refractivity contribution in [3.63, 3.8) is 0 Å². The minimum Gasteiger partial charge on any atom is -0.395 e. The third-order valence-electron chi connectivity index (χ3n) is 2.22. The largest absolute Gasteiger partial charge is 0.395 e. The minimum atomic E-state index is -0.486. The number of hydrogen-bond donors (Lipinski definition) is 1. The second kappa shape index (κ2) is 5.85. The summed E-state index contributed by atoms with van der Waals surface area (Å²) in [7, 11) is 1.76.